The minimum atomic E-state index is -0.229. The molecule has 1 aliphatic rings. The maximum Gasteiger partial charge on any atom is 0.241 e. The van der Waals surface area contributed by atoms with Gasteiger partial charge in [0.1, 0.15) is 6.54 Å². The van der Waals surface area contributed by atoms with Gasteiger partial charge in [-0.25, -0.2) is 0 Å². The Morgan fingerprint density at radius 2 is 2.26 bits per heavy atom. The van der Waals surface area contributed by atoms with Gasteiger partial charge in [-0.3, -0.25) is 14.5 Å². The van der Waals surface area contributed by atoms with Gasteiger partial charge in [-0.1, -0.05) is 6.92 Å². The van der Waals surface area contributed by atoms with Crippen LogP contribution in [-0.4, -0.2) is 23.5 Å². The van der Waals surface area contributed by atoms with E-state index in [1.54, 1.807) is 12.1 Å². The zero-order valence-electron chi connectivity index (χ0n) is 10.8. The summed E-state index contributed by atoms with van der Waals surface area (Å²) >= 11 is 1.44. The number of nitrogens with zero attached hydrogens (tertiary/aromatic N) is 2. The minimum Gasteiger partial charge on any atom is -0.297 e. The van der Waals surface area contributed by atoms with Crippen LogP contribution in [0.25, 0.3) is 0 Å². The van der Waals surface area contributed by atoms with Crippen molar-refractivity contribution >= 4 is 29.1 Å². The van der Waals surface area contributed by atoms with Crippen molar-refractivity contribution in [3.8, 4) is 6.07 Å². The number of hydrogen-bond donors (Lipinski definition) is 0. The molecule has 0 bridgehead atoms. The first kappa shape index (κ1) is 13.6. The lowest BCUT2D eigenvalue weighted by atomic mass is 10.1. The predicted octanol–water partition coefficient (Wildman–Crippen LogP) is 2.63. The Labute approximate surface area is 116 Å². The average Bonchev–Trinajstić information content (AvgIpc) is 2.42. The third-order valence-electron chi connectivity index (χ3n) is 3.04. The molecule has 0 saturated carbocycles. The molecule has 0 aliphatic carbocycles. The lowest BCUT2D eigenvalue weighted by Gasteiger charge is -2.30. The van der Waals surface area contributed by atoms with Gasteiger partial charge in [-0.2, -0.15) is 5.26 Å². The van der Waals surface area contributed by atoms with Gasteiger partial charge in [0.25, 0.3) is 0 Å². The van der Waals surface area contributed by atoms with Gasteiger partial charge in [-0.05, 0) is 25.1 Å². The molecule has 98 valence electrons. The summed E-state index contributed by atoms with van der Waals surface area (Å²) in [6, 6.07) is 7.30. The van der Waals surface area contributed by atoms with Crippen LogP contribution >= 0.6 is 11.8 Å². The summed E-state index contributed by atoms with van der Waals surface area (Å²) < 4.78 is 0. The van der Waals surface area contributed by atoms with E-state index in [2.05, 4.69) is 0 Å². The molecule has 1 aromatic rings. The van der Waals surface area contributed by atoms with Gasteiger partial charge in [0, 0.05) is 16.9 Å². The van der Waals surface area contributed by atoms with Crippen LogP contribution in [0.4, 0.5) is 5.69 Å². The Bertz CT molecular complexity index is 577. The fourth-order valence-corrected chi connectivity index (χ4v) is 3.12. The van der Waals surface area contributed by atoms with Crippen LogP contribution in [0.15, 0.2) is 23.1 Å². The highest BCUT2D eigenvalue weighted by Gasteiger charge is 2.30. The number of nitriles is 1. The van der Waals surface area contributed by atoms with Crippen LogP contribution in [0, 0.1) is 11.3 Å². The van der Waals surface area contributed by atoms with Crippen molar-refractivity contribution in [3.05, 3.63) is 23.8 Å². The van der Waals surface area contributed by atoms with Crippen LogP contribution in [-0.2, 0) is 4.79 Å². The number of anilines is 1. The van der Waals surface area contributed by atoms with Crippen molar-refractivity contribution in [3.63, 3.8) is 0 Å². The molecule has 1 heterocycles. The maximum absolute atomic E-state index is 12.0. The highest BCUT2D eigenvalue weighted by atomic mass is 32.2. The standard InChI is InChI=1S/C14H14N2O2S/c1-3-12(17)10-4-5-11-13(8-10)19-9(2)14(18)16(11)7-6-15/h4-5,8-9H,3,7H2,1-2H3. The molecule has 0 fully saturated rings. The van der Waals surface area contributed by atoms with Crippen LogP contribution in [0.5, 0.6) is 0 Å². The van der Waals surface area contributed by atoms with E-state index in [0.717, 1.165) is 10.6 Å². The van der Waals surface area contributed by atoms with E-state index in [-0.39, 0.29) is 23.5 Å². The van der Waals surface area contributed by atoms with Crippen molar-refractivity contribution < 1.29 is 9.59 Å². The summed E-state index contributed by atoms with van der Waals surface area (Å²) in [6.45, 7) is 3.68. The Balaban J connectivity index is 2.45. The van der Waals surface area contributed by atoms with Crippen LogP contribution < -0.4 is 4.90 Å². The van der Waals surface area contributed by atoms with Gasteiger partial charge >= 0.3 is 0 Å². The van der Waals surface area contributed by atoms with E-state index >= 15 is 0 Å². The second-order valence-electron chi connectivity index (χ2n) is 4.30. The number of hydrogen-bond acceptors (Lipinski definition) is 4. The van der Waals surface area contributed by atoms with E-state index in [9.17, 15) is 9.59 Å². The molecule has 0 aromatic heterocycles. The summed E-state index contributed by atoms with van der Waals surface area (Å²) in [5.41, 5.74) is 1.38. The van der Waals surface area contributed by atoms with Gasteiger partial charge in [-0.15, -0.1) is 11.8 Å². The summed E-state index contributed by atoms with van der Waals surface area (Å²) in [5, 5.41) is 8.60. The van der Waals surface area contributed by atoms with E-state index in [1.807, 2.05) is 26.0 Å². The number of thioether (sulfide) groups is 1. The van der Waals surface area contributed by atoms with Crippen molar-refractivity contribution in [2.75, 3.05) is 11.4 Å². The number of carbonyl (C=O) groups is 2. The van der Waals surface area contributed by atoms with Gasteiger partial charge in [0.05, 0.1) is 17.0 Å². The summed E-state index contributed by atoms with van der Waals surface area (Å²) in [4.78, 5) is 26.1. The molecule has 19 heavy (non-hydrogen) atoms. The van der Waals surface area contributed by atoms with Crippen molar-refractivity contribution in [1.29, 1.82) is 5.26 Å². The first-order valence-corrected chi connectivity index (χ1v) is 6.98. The number of Topliss-reactive ketones (excluding diaryl/α,β-unsaturated/α-hetero) is 1. The fraction of sp³-hybridized carbons (Fsp3) is 0.357. The Hall–Kier alpha value is -1.80. The molecule has 0 spiro atoms. The number of rotatable bonds is 3. The molecular formula is C14H14N2O2S. The molecule has 1 atom stereocenters. The molecular weight excluding hydrogens is 260 g/mol. The molecule has 1 aromatic carbocycles. The quantitative estimate of drug-likeness (QED) is 0.628. The van der Waals surface area contributed by atoms with Gasteiger partial charge < -0.3 is 0 Å². The molecule has 0 radical (unpaired) electrons. The average molecular weight is 274 g/mol. The molecule has 0 N–H and O–H groups in total. The molecule has 2 rings (SSSR count). The summed E-state index contributed by atoms with van der Waals surface area (Å²) in [6.07, 6.45) is 0.458. The number of benzene rings is 1. The van der Waals surface area contributed by atoms with Gasteiger partial charge in [0.2, 0.25) is 5.91 Å². The molecule has 1 amide bonds. The summed E-state index contributed by atoms with van der Waals surface area (Å²) in [5.74, 6) is 0.0217. The van der Waals surface area contributed by atoms with Gasteiger partial charge in [0.15, 0.2) is 5.78 Å². The predicted molar refractivity (Wildman–Crippen MR) is 74.3 cm³/mol. The first-order valence-electron chi connectivity index (χ1n) is 6.10. The van der Waals surface area contributed by atoms with E-state index in [4.69, 9.17) is 5.26 Å². The lowest BCUT2D eigenvalue weighted by Crippen LogP contribution is -2.40. The third-order valence-corrected chi connectivity index (χ3v) is 4.18. The normalized spacial score (nSPS) is 17.8. The highest BCUT2D eigenvalue weighted by Crippen LogP contribution is 2.39. The molecule has 4 nitrogen and oxygen atoms in total. The number of fused-ring (bicyclic) bond motifs is 1. The molecule has 5 heteroatoms. The maximum atomic E-state index is 12.0. The zero-order valence-corrected chi connectivity index (χ0v) is 11.7. The van der Waals surface area contributed by atoms with Crippen molar-refractivity contribution in [1.82, 2.24) is 0 Å². The second kappa shape index (κ2) is 5.45. The van der Waals surface area contributed by atoms with Crippen LogP contribution in [0.3, 0.4) is 0 Å². The smallest absolute Gasteiger partial charge is 0.241 e. The summed E-state index contributed by atoms with van der Waals surface area (Å²) in [7, 11) is 0. The number of carbonyl (C=O) groups excluding carboxylic acids is 2. The van der Waals surface area contributed by atoms with E-state index in [1.165, 1.54) is 16.7 Å². The molecule has 1 unspecified atom stereocenters. The fourth-order valence-electron chi connectivity index (χ4n) is 2.02. The molecule has 1 aliphatic heterocycles. The van der Waals surface area contributed by atoms with E-state index in [0.29, 0.717) is 12.0 Å². The van der Waals surface area contributed by atoms with Crippen molar-refractivity contribution in [2.24, 2.45) is 0 Å². The SMILES string of the molecule is CCC(=O)c1ccc2c(c1)SC(C)C(=O)N2CC#N. The lowest BCUT2D eigenvalue weighted by molar-refractivity contribution is -0.117. The number of amides is 1. The highest BCUT2D eigenvalue weighted by molar-refractivity contribution is 8.01. The largest absolute Gasteiger partial charge is 0.297 e. The van der Waals surface area contributed by atoms with E-state index < -0.39 is 0 Å². The minimum absolute atomic E-state index is 0.0395. The first-order chi connectivity index (χ1) is 9.08. The number of ketones is 1. The van der Waals surface area contributed by atoms with Crippen LogP contribution in [0.2, 0.25) is 0 Å². The topological polar surface area (TPSA) is 61.2 Å². The Kier molecular flexibility index (Phi) is 3.91. The Morgan fingerprint density at radius 3 is 2.89 bits per heavy atom. The third kappa shape index (κ3) is 2.49. The second-order valence-corrected chi connectivity index (χ2v) is 5.68. The molecule has 0 saturated heterocycles. The van der Waals surface area contributed by atoms with Crippen molar-refractivity contribution in [2.45, 2.75) is 30.4 Å². The monoisotopic (exact) mass is 274 g/mol. The zero-order chi connectivity index (χ0) is 14.0. The van der Waals surface area contributed by atoms with Crippen LogP contribution in [0.1, 0.15) is 30.6 Å². The Morgan fingerprint density at radius 1 is 1.53 bits per heavy atom.